The van der Waals surface area contributed by atoms with Crippen LogP contribution in [0, 0.1) is 0 Å². The number of nitrogens with one attached hydrogen (secondary N) is 1. The van der Waals surface area contributed by atoms with Crippen LogP contribution in [0.4, 0.5) is 0 Å². The molecule has 0 aliphatic heterocycles. The highest BCUT2D eigenvalue weighted by atomic mass is 16.4. The van der Waals surface area contributed by atoms with Gasteiger partial charge in [0.05, 0.1) is 6.42 Å². The molecule has 0 aliphatic rings. The summed E-state index contributed by atoms with van der Waals surface area (Å²) in [7, 11) is 3.57. The Hall–Kier alpha value is -0.505. The average Bonchev–Trinajstić information content (AvgIpc) is 1.82. The van der Waals surface area contributed by atoms with Gasteiger partial charge in [-0.1, -0.05) is 6.82 Å². The Labute approximate surface area is 55.7 Å². The SMILES string of the molecule is C[B]C(CC(=O)O)NC. The zero-order valence-electron chi connectivity index (χ0n) is 5.72. The standard InChI is InChI=1S/C5H11BNO2/c1-6-4(7-2)3-5(8)9/h4,7H,3H2,1-2H3,(H,8,9). The van der Waals surface area contributed by atoms with Crippen molar-refractivity contribution in [1.29, 1.82) is 0 Å². The predicted octanol–water partition coefficient (Wildman–Crippen LogP) is -0.241. The van der Waals surface area contributed by atoms with Crippen LogP contribution in [0.15, 0.2) is 0 Å². The molecule has 1 unspecified atom stereocenters. The van der Waals surface area contributed by atoms with E-state index in [1.165, 1.54) is 0 Å². The topological polar surface area (TPSA) is 49.3 Å². The molecule has 1 radical (unpaired) electrons. The Morgan fingerprint density at radius 1 is 1.89 bits per heavy atom. The summed E-state index contributed by atoms with van der Waals surface area (Å²) in [5.41, 5.74) is 0. The van der Waals surface area contributed by atoms with Crippen LogP contribution in [-0.4, -0.2) is 31.3 Å². The van der Waals surface area contributed by atoms with Crippen molar-refractivity contribution in [2.24, 2.45) is 0 Å². The number of rotatable bonds is 4. The Morgan fingerprint density at radius 2 is 2.44 bits per heavy atom. The van der Waals surface area contributed by atoms with E-state index in [2.05, 4.69) is 5.32 Å². The maximum Gasteiger partial charge on any atom is 0.304 e. The second-order valence-corrected chi connectivity index (χ2v) is 1.83. The van der Waals surface area contributed by atoms with Crippen LogP contribution in [0.2, 0.25) is 6.82 Å². The first-order valence-electron chi connectivity index (χ1n) is 2.89. The molecule has 0 fully saturated rings. The fraction of sp³-hybridized carbons (Fsp3) is 0.800. The molecule has 0 saturated heterocycles. The first kappa shape index (κ1) is 8.49. The number of carboxylic acids is 1. The lowest BCUT2D eigenvalue weighted by Crippen LogP contribution is -2.32. The highest BCUT2D eigenvalue weighted by Gasteiger charge is 2.07. The van der Waals surface area contributed by atoms with Gasteiger partial charge in [-0.3, -0.25) is 4.79 Å². The van der Waals surface area contributed by atoms with Crippen LogP contribution >= 0.6 is 0 Å². The van der Waals surface area contributed by atoms with Crippen LogP contribution in [-0.2, 0) is 4.79 Å². The number of carboxylic acid groups (broad SMARTS) is 1. The minimum Gasteiger partial charge on any atom is -0.481 e. The molecule has 4 heteroatoms. The van der Waals surface area contributed by atoms with E-state index in [0.29, 0.717) is 0 Å². The maximum absolute atomic E-state index is 10.1. The van der Waals surface area contributed by atoms with E-state index in [1.54, 1.807) is 7.05 Å². The second kappa shape index (κ2) is 4.38. The number of hydrogen-bond acceptors (Lipinski definition) is 2. The summed E-state index contributed by atoms with van der Waals surface area (Å²) in [5, 5.41) is 11.1. The highest BCUT2D eigenvalue weighted by molar-refractivity contribution is 6.36. The molecular weight excluding hydrogens is 117 g/mol. The van der Waals surface area contributed by atoms with Gasteiger partial charge >= 0.3 is 5.97 Å². The molecule has 51 valence electrons. The van der Waals surface area contributed by atoms with Crippen LogP contribution in [0.25, 0.3) is 0 Å². The minimum absolute atomic E-state index is 0.00231. The van der Waals surface area contributed by atoms with E-state index in [4.69, 9.17) is 5.11 Å². The van der Waals surface area contributed by atoms with Gasteiger partial charge in [-0.25, -0.2) is 0 Å². The van der Waals surface area contributed by atoms with Gasteiger partial charge in [0.25, 0.3) is 0 Å². The zero-order chi connectivity index (χ0) is 7.28. The van der Waals surface area contributed by atoms with Crippen molar-refractivity contribution in [3.05, 3.63) is 0 Å². The van der Waals surface area contributed by atoms with Crippen molar-refractivity contribution in [1.82, 2.24) is 5.32 Å². The molecule has 0 aromatic rings. The second-order valence-electron chi connectivity index (χ2n) is 1.83. The molecule has 0 aromatic heterocycles. The van der Waals surface area contributed by atoms with Crippen molar-refractivity contribution in [3.8, 4) is 0 Å². The first-order chi connectivity index (χ1) is 4.20. The molecule has 0 amide bonds. The third-order valence-electron chi connectivity index (χ3n) is 1.17. The van der Waals surface area contributed by atoms with Gasteiger partial charge in [-0.2, -0.15) is 0 Å². The molecule has 0 rings (SSSR count). The van der Waals surface area contributed by atoms with Crippen molar-refractivity contribution < 1.29 is 9.90 Å². The Morgan fingerprint density at radius 3 is 2.56 bits per heavy atom. The average molecular weight is 128 g/mol. The van der Waals surface area contributed by atoms with Crippen molar-refractivity contribution in [3.63, 3.8) is 0 Å². The summed E-state index contributed by atoms with van der Waals surface area (Å²) in [5.74, 6) is -0.769. The fourth-order valence-electron chi connectivity index (χ4n) is 0.575. The van der Waals surface area contributed by atoms with Crippen LogP contribution in [0.5, 0.6) is 0 Å². The Balaban J connectivity index is 3.43. The summed E-state index contributed by atoms with van der Waals surface area (Å²) < 4.78 is 0. The van der Waals surface area contributed by atoms with E-state index >= 15 is 0 Å². The van der Waals surface area contributed by atoms with Crippen LogP contribution in [0.1, 0.15) is 6.42 Å². The molecule has 0 aromatic carbocycles. The van der Waals surface area contributed by atoms with Crippen molar-refractivity contribution in [2.75, 3.05) is 7.05 Å². The molecule has 0 spiro atoms. The van der Waals surface area contributed by atoms with Crippen LogP contribution in [0.3, 0.4) is 0 Å². The van der Waals surface area contributed by atoms with Gasteiger partial charge in [0.1, 0.15) is 7.28 Å². The highest BCUT2D eigenvalue weighted by Crippen LogP contribution is 1.87. The quantitative estimate of drug-likeness (QED) is 0.513. The molecule has 0 bridgehead atoms. The summed E-state index contributed by atoms with van der Waals surface area (Å²) in [6.45, 7) is 1.84. The summed E-state index contributed by atoms with van der Waals surface area (Å²) in [6, 6.07) is 0. The Kier molecular flexibility index (Phi) is 4.14. The lowest BCUT2D eigenvalue weighted by atomic mass is 9.71. The number of carbonyl (C=O) groups is 1. The smallest absolute Gasteiger partial charge is 0.304 e. The van der Waals surface area contributed by atoms with Gasteiger partial charge in [-0.15, -0.1) is 0 Å². The van der Waals surface area contributed by atoms with Gasteiger partial charge in [0.2, 0.25) is 0 Å². The van der Waals surface area contributed by atoms with Gasteiger partial charge in [-0.05, 0) is 13.0 Å². The number of aliphatic carboxylic acids is 1. The van der Waals surface area contributed by atoms with Gasteiger partial charge < -0.3 is 10.4 Å². The molecule has 0 saturated carbocycles. The summed E-state index contributed by atoms with van der Waals surface area (Å²) in [4.78, 5) is 10.1. The van der Waals surface area contributed by atoms with Crippen molar-refractivity contribution in [2.45, 2.75) is 19.2 Å². The first-order valence-corrected chi connectivity index (χ1v) is 2.89. The van der Waals surface area contributed by atoms with Gasteiger partial charge in [0.15, 0.2) is 0 Å². The van der Waals surface area contributed by atoms with Gasteiger partial charge in [0, 0.05) is 0 Å². The van der Waals surface area contributed by atoms with Crippen molar-refractivity contribution >= 4 is 13.2 Å². The van der Waals surface area contributed by atoms with E-state index in [0.717, 1.165) is 0 Å². The molecule has 0 heterocycles. The normalized spacial score (nSPS) is 12.7. The van der Waals surface area contributed by atoms with E-state index in [-0.39, 0.29) is 12.4 Å². The molecule has 3 nitrogen and oxygen atoms in total. The van der Waals surface area contributed by atoms with E-state index in [9.17, 15) is 4.79 Å². The molecular formula is C5H11BNO2. The molecule has 9 heavy (non-hydrogen) atoms. The Bertz CT molecular complexity index is 93.0. The monoisotopic (exact) mass is 128 g/mol. The maximum atomic E-state index is 10.1. The fourth-order valence-corrected chi connectivity index (χ4v) is 0.575. The van der Waals surface area contributed by atoms with Crippen LogP contribution < -0.4 is 5.32 Å². The predicted molar refractivity (Wildman–Crippen MR) is 36.7 cm³/mol. The van der Waals surface area contributed by atoms with E-state index < -0.39 is 5.97 Å². The summed E-state index contributed by atoms with van der Waals surface area (Å²) in [6.07, 6.45) is 0.160. The third-order valence-corrected chi connectivity index (χ3v) is 1.17. The molecule has 1 atom stereocenters. The minimum atomic E-state index is -0.771. The third kappa shape index (κ3) is 4.03. The number of hydrogen-bond donors (Lipinski definition) is 2. The molecule has 0 aliphatic carbocycles. The zero-order valence-corrected chi connectivity index (χ0v) is 5.72. The molecule has 2 N–H and O–H groups in total. The summed E-state index contributed by atoms with van der Waals surface area (Å²) >= 11 is 0. The lowest BCUT2D eigenvalue weighted by molar-refractivity contribution is -0.137. The lowest BCUT2D eigenvalue weighted by Gasteiger charge is -2.08. The van der Waals surface area contributed by atoms with E-state index in [1.807, 2.05) is 14.1 Å². The largest absolute Gasteiger partial charge is 0.481 e.